The average Bonchev–Trinajstić information content (AvgIpc) is 2.96. The van der Waals surface area contributed by atoms with Crippen LogP contribution in [0.25, 0.3) is 11.0 Å². The molecule has 0 aliphatic carbocycles. The smallest absolute Gasteiger partial charge is 0.291 e. The summed E-state index contributed by atoms with van der Waals surface area (Å²) in [7, 11) is 1.44. The van der Waals surface area contributed by atoms with Crippen molar-refractivity contribution in [2.24, 2.45) is 0 Å². The molecule has 0 fully saturated rings. The number of phenolic OH excluding ortho intramolecular Hbond substituents is 1. The number of aryl methyl sites for hydroxylation is 1. The Labute approximate surface area is 161 Å². The van der Waals surface area contributed by atoms with Crippen LogP contribution < -0.4 is 10.2 Å². The first-order valence-electron chi connectivity index (χ1n) is 8.82. The van der Waals surface area contributed by atoms with E-state index in [0.29, 0.717) is 16.5 Å². The summed E-state index contributed by atoms with van der Waals surface area (Å²) >= 11 is 0. The highest BCUT2D eigenvalue weighted by Crippen LogP contribution is 2.40. The Kier molecular flexibility index (Phi) is 4.19. The lowest BCUT2D eigenvalue weighted by molar-refractivity contribution is 0.0748. The van der Waals surface area contributed by atoms with Crippen molar-refractivity contribution < 1.29 is 19.1 Å². The molecule has 2 aromatic carbocycles. The quantitative estimate of drug-likeness (QED) is 0.704. The second-order valence-corrected chi connectivity index (χ2v) is 6.75. The van der Waals surface area contributed by atoms with E-state index < -0.39 is 6.04 Å². The van der Waals surface area contributed by atoms with Crippen LogP contribution in [0.4, 0.5) is 0 Å². The SMILES string of the molecule is C=CCN1C(=O)c2oc3ccc(C)cc3c(=O)c2[C@@H]1c1ccc(O)c(OC)c1. The number of carbonyl (C=O) groups excluding carboxylic acids is 1. The summed E-state index contributed by atoms with van der Waals surface area (Å²) in [6, 6.07) is 9.41. The molecule has 0 saturated heterocycles. The van der Waals surface area contributed by atoms with Crippen molar-refractivity contribution in [3.05, 3.63) is 81.7 Å². The predicted octanol–water partition coefficient (Wildman–Crippen LogP) is 3.55. The molecule has 3 aromatic rings. The lowest BCUT2D eigenvalue weighted by atomic mass is 9.97. The molecule has 28 heavy (non-hydrogen) atoms. The van der Waals surface area contributed by atoms with Gasteiger partial charge in [-0.3, -0.25) is 9.59 Å². The van der Waals surface area contributed by atoms with Gasteiger partial charge >= 0.3 is 0 Å². The topological polar surface area (TPSA) is 80.0 Å². The van der Waals surface area contributed by atoms with E-state index in [4.69, 9.17) is 9.15 Å². The number of carbonyl (C=O) groups is 1. The molecule has 1 aliphatic heterocycles. The van der Waals surface area contributed by atoms with Crippen molar-refractivity contribution >= 4 is 16.9 Å². The number of hydrogen-bond acceptors (Lipinski definition) is 5. The molecule has 142 valence electrons. The van der Waals surface area contributed by atoms with Crippen LogP contribution >= 0.6 is 0 Å². The van der Waals surface area contributed by atoms with Gasteiger partial charge in [-0.05, 0) is 36.8 Å². The Morgan fingerprint density at radius 1 is 1.25 bits per heavy atom. The van der Waals surface area contributed by atoms with Crippen LogP contribution in [0.1, 0.15) is 33.3 Å². The summed E-state index contributed by atoms with van der Waals surface area (Å²) < 4.78 is 11.1. The van der Waals surface area contributed by atoms with E-state index in [1.807, 2.05) is 13.0 Å². The number of aromatic hydroxyl groups is 1. The van der Waals surface area contributed by atoms with Gasteiger partial charge in [0.2, 0.25) is 5.76 Å². The summed E-state index contributed by atoms with van der Waals surface area (Å²) in [5.74, 6) is -0.0861. The predicted molar refractivity (Wildman–Crippen MR) is 105 cm³/mol. The molecule has 1 atom stereocenters. The van der Waals surface area contributed by atoms with E-state index in [1.54, 1.807) is 30.3 Å². The summed E-state index contributed by atoms with van der Waals surface area (Å²) in [4.78, 5) is 27.9. The fourth-order valence-corrected chi connectivity index (χ4v) is 3.67. The third-order valence-electron chi connectivity index (χ3n) is 4.97. The molecule has 1 amide bonds. The van der Waals surface area contributed by atoms with Gasteiger partial charge in [-0.1, -0.05) is 23.8 Å². The molecule has 0 bridgehead atoms. The van der Waals surface area contributed by atoms with Crippen molar-refractivity contribution in [1.82, 2.24) is 4.90 Å². The summed E-state index contributed by atoms with van der Waals surface area (Å²) in [6.45, 7) is 5.85. The number of ether oxygens (including phenoxy) is 1. The monoisotopic (exact) mass is 377 g/mol. The molecule has 4 rings (SSSR count). The molecule has 6 heteroatoms. The third-order valence-corrected chi connectivity index (χ3v) is 4.97. The Morgan fingerprint density at radius 2 is 2.04 bits per heavy atom. The van der Waals surface area contributed by atoms with Crippen molar-refractivity contribution in [2.45, 2.75) is 13.0 Å². The maximum Gasteiger partial charge on any atom is 0.291 e. The van der Waals surface area contributed by atoms with Crippen LogP contribution in [0.5, 0.6) is 11.5 Å². The minimum Gasteiger partial charge on any atom is -0.504 e. The Morgan fingerprint density at radius 3 is 2.75 bits per heavy atom. The first kappa shape index (κ1) is 17.9. The highest BCUT2D eigenvalue weighted by molar-refractivity contribution is 5.99. The van der Waals surface area contributed by atoms with Crippen LogP contribution in [0.3, 0.4) is 0 Å². The average molecular weight is 377 g/mol. The van der Waals surface area contributed by atoms with Gasteiger partial charge in [0.15, 0.2) is 16.9 Å². The summed E-state index contributed by atoms with van der Waals surface area (Å²) in [6.07, 6.45) is 1.60. The number of rotatable bonds is 4. The van der Waals surface area contributed by atoms with Gasteiger partial charge in [-0.25, -0.2) is 0 Å². The van der Waals surface area contributed by atoms with Gasteiger partial charge in [0.05, 0.1) is 24.1 Å². The lowest BCUT2D eigenvalue weighted by Gasteiger charge is -2.24. The van der Waals surface area contributed by atoms with Gasteiger partial charge in [0, 0.05) is 6.54 Å². The Bertz CT molecular complexity index is 1180. The van der Waals surface area contributed by atoms with Gasteiger partial charge in [-0.2, -0.15) is 0 Å². The normalized spacial score (nSPS) is 15.7. The van der Waals surface area contributed by atoms with Gasteiger partial charge in [-0.15, -0.1) is 6.58 Å². The van der Waals surface area contributed by atoms with E-state index in [1.165, 1.54) is 18.1 Å². The second kappa shape index (κ2) is 6.56. The minimum absolute atomic E-state index is 0.0211. The van der Waals surface area contributed by atoms with E-state index >= 15 is 0 Å². The highest BCUT2D eigenvalue weighted by atomic mass is 16.5. The molecule has 0 spiro atoms. The minimum atomic E-state index is -0.656. The van der Waals surface area contributed by atoms with Crippen LogP contribution in [0, 0.1) is 6.92 Å². The van der Waals surface area contributed by atoms with E-state index in [2.05, 4.69) is 6.58 Å². The zero-order chi connectivity index (χ0) is 20.0. The van der Waals surface area contributed by atoms with Gasteiger partial charge < -0.3 is 19.2 Å². The van der Waals surface area contributed by atoms with Crippen LogP contribution in [-0.4, -0.2) is 29.6 Å². The molecular formula is C22H19NO5. The first-order chi connectivity index (χ1) is 13.5. The molecule has 0 saturated carbocycles. The van der Waals surface area contributed by atoms with Gasteiger partial charge in [0.1, 0.15) is 5.58 Å². The zero-order valence-corrected chi connectivity index (χ0v) is 15.6. The number of methoxy groups -OCH3 is 1. The number of fused-ring (bicyclic) bond motifs is 2. The molecule has 1 aromatic heterocycles. The maximum atomic E-state index is 13.3. The van der Waals surface area contributed by atoms with Gasteiger partial charge in [0.25, 0.3) is 5.91 Å². The van der Waals surface area contributed by atoms with Crippen LogP contribution in [0.15, 0.2) is 58.3 Å². The van der Waals surface area contributed by atoms with E-state index in [0.717, 1.165) is 5.56 Å². The number of amides is 1. The third kappa shape index (κ3) is 2.57. The molecule has 0 radical (unpaired) electrons. The molecule has 0 unspecified atom stereocenters. The van der Waals surface area contributed by atoms with E-state index in [-0.39, 0.29) is 40.7 Å². The standard InChI is InChI=1S/C22H19NO5/c1-4-9-23-19(13-6-7-15(24)17(11-13)27-3)18-20(25)14-10-12(2)5-8-16(14)28-21(18)22(23)26/h4-8,10-11,19,24H,1,9H2,2-3H3/t19-/m0/s1. The van der Waals surface area contributed by atoms with Crippen molar-refractivity contribution in [3.8, 4) is 11.5 Å². The maximum absolute atomic E-state index is 13.3. The fraction of sp³-hybridized carbons (Fsp3) is 0.182. The molecule has 1 aliphatic rings. The van der Waals surface area contributed by atoms with Crippen LogP contribution in [-0.2, 0) is 0 Å². The highest BCUT2D eigenvalue weighted by Gasteiger charge is 2.42. The first-order valence-corrected chi connectivity index (χ1v) is 8.82. The molecule has 6 nitrogen and oxygen atoms in total. The largest absolute Gasteiger partial charge is 0.504 e. The van der Waals surface area contributed by atoms with Crippen molar-refractivity contribution in [2.75, 3.05) is 13.7 Å². The molecular weight excluding hydrogens is 358 g/mol. The zero-order valence-electron chi connectivity index (χ0n) is 15.6. The fourth-order valence-electron chi connectivity index (χ4n) is 3.67. The van der Waals surface area contributed by atoms with Crippen LogP contribution in [0.2, 0.25) is 0 Å². The molecule has 1 N–H and O–H groups in total. The number of hydrogen-bond donors (Lipinski definition) is 1. The Balaban J connectivity index is 2.02. The molecule has 2 heterocycles. The van der Waals surface area contributed by atoms with Crippen molar-refractivity contribution in [1.29, 1.82) is 0 Å². The summed E-state index contributed by atoms with van der Waals surface area (Å²) in [5.41, 5.74) is 2.00. The Hall–Kier alpha value is -3.54. The number of nitrogens with zero attached hydrogens (tertiary/aromatic N) is 1. The second-order valence-electron chi connectivity index (χ2n) is 6.75. The van der Waals surface area contributed by atoms with E-state index in [9.17, 15) is 14.7 Å². The van der Waals surface area contributed by atoms with Crippen molar-refractivity contribution in [3.63, 3.8) is 0 Å². The number of phenols is 1. The number of benzene rings is 2. The lowest BCUT2D eigenvalue weighted by Crippen LogP contribution is -2.29. The summed E-state index contributed by atoms with van der Waals surface area (Å²) in [5, 5.41) is 10.4.